The van der Waals surface area contributed by atoms with Crippen LogP contribution in [0.3, 0.4) is 0 Å². The van der Waals surface area contributed by atoms with E-state index in [-0.39, 0.29) is 5.92 Å². The average molecular weight is 381 g/mol. The molecule has 4 unspecified atom stereocenters. The number of nitrogens with zero attached hydrogens (tertiary/aromatic N) is 5. The van der Waals surface area contributed by atoms with Crippen LogP contribution in [0.25, 0.3) is 11.3 Å². The van der Waals surface area contributed by atoms with Crippen LogP contribution >= 0.6 is 0 Å². The van der Waals surface area contributed by atoms with Crippen LogP contribution in [0.5, 0.6) is 0 Å². The number of morpholine rings is 1. The molecule has 7 heteroatoms. The van der Waals surface area contributed by atoms with Crippen molar-refractivity contribution in [3.05, 3.63) is 36.5 Å². The van der Waals surface area contributed by atoms with E-state index >= 15 is 0 Å². The Balaban J connectivity index is 1.23. The number of ether oxygens (including phenoxy) is 1. The van der Waals surface area contributed by atoms with E-state index in [0.717, 1.165) is 56.8 Å². The molecule has 4 atom stereocenters. The summed E-state index contributed by atoms with van der Waals surface area (Å²) in [6.07, 6.45) is 4.24. The predicted molar refractivity (Wildman–Crippen MR) is 104 cm³/mol. The summed E-state index contributed by atoms with van der Waals surface area (Å²) in [6, 6.07) is 10.6. The molecule has 1 aromatic heterocycles. The van der Waals surface area contributed by atoms with Gasteiger partial charge in [-0.3, -0.25) is 14.4 Å². The van der Waals surface area contributed by atoms with Crippen molar-refractivity contribution >= 4 is 5.91 Å². The Labute approximate surface area is 165 Å². The third-order valence-corrected chi connectivity index (χ3v) is 6.52. The van der Waals surface area contributed by atoms with Gasteiger partial charge in [0.15, 0.2) is 0 Å². The summed E-state index contributed by atoms with van der Waals surface area (Å²) in [4.78, 5) is 17.5. The Bertz CT molecular complexity index is 817. The number of carbonyl (C=O) groups excluding carboxylic acids is 1. The van der Waals surface area contributed by atoms with Gasteiger partial charge in [0.25, 0.3) is 0 Å². The van der Waals surface area contributed by atoms with Crippen molar-refractivity contribution in [3.63, 3.8) is 0 Å². The fourth-order valence-corrected chi connectivity index (χ4v) is 4.97. The SMILES string of the molecule is O=C(C1CN2CCC1CC2Cn1cc(-c2ccccc2)nn1)N1CCOCC1. The number of amides is 1. The number of carbonyl (C=O) groups is 1. The van der Waals surface area contributed by atoms with Crippen molar-refractivity contribution in [1.82, 2.24) is 24.8 Å². The Kier molecular flexibility index (Phi) is 4.86. The van der Waals surface area contributed by atoms with Crippen molar-refractivity contribution in [2.75, 3.05) is 39.4 Å². The molecule has 4 aliphatic rings. The molecule has 6 rings (SSSR count). The maximum atomic E-state index is 13.0. The second-order valence-electron chi connectivity index (χ2n) is 8.17. The first-order valence-electron chi connectivity index (χ1n) is 10.3. The Morgan fingerprint density at radius 2 is 1.96 bits per heavy atom. The minimum atomic E-state index is 0.152. The lowest BCUT2D eigenvalue weighted by molar-refractivity contribution is -0.148. The van der Waals surface area contributed by atoms with Crippen LogP contribution in [-0.4, -0.2) is 76.1 Å². The predicted octanol–water partition coefficient (Wildman–Crippen LogP) is 1.51. The number of piperidine rings is 3. The summed E-state index contributed by atoms with van der Waals surface area (Å²) >= 11 is 0. The molecule has 28 heavy (non-hydrogen) atoms. The molecule has 148 valence electrons. The van der Waals surface area contributed by atoms with Crippen molar-refractivity contribution in [2.45, 2.75) is 25.4 Å². The van der Waals surface area contributed by atoms with Gasteiger partial charge in [-0.05, 0) is 25.3 Å². The third kappa shape index (κ3) is 3.44. The molecule has 0 saturated carbocycles. The highest BCUT2D eigenvalue weighted by Gasteiger charge is 2.44. The molecular weight excluding hydrogens is 354 g/mol. The summed E-state index contributed by atoms with van der Waals surface area (Å²) in [5.74, 6) is 0.977. The Morgan fingerprint density at radius 1 is 1.14 bits per heavy atom. The molecule has 4 saturated heterocycles. The molecule has 0 N–H and O–H groups in total. The Morgan fingerprint density at radius 3 is 2.71 bits per heavy atom. The molecule has 4 aliphatic heterocycles. The smallest absolute Gasteiger partial charge is 0.227 e. The van der Waals surface area contributed by atoms with Gasteiger partial charge in [0, 0.05) is 31.2 Å². The van der Waals surface area contributed by atoms with Gasteiger partial charge < -0.3 is 9.64 Å². The molecule has 2 aromatic rings. The van der Waals surface area contributed by atoms with Crippen LogP contribution in [-0.2, 0) is 16.1 Å². The highest BCUT2D eigenvalue weighted by molar-refractivity contribution is 5.79. The molecule has 2 bridgehead atoms. The summed E-state index contributed by atoms with van der Waals surface area (Å²) in [5, 5.41) is 8.69. The van der Waals surface area contributed by atoms with Crippen molar-refractivity contribution in [2.24, 2.45) is 11.8 Å². The van der Waals surface area contributed by atoms with Crippen molar-refractivity contribution in [1.29, 1.82) is 0 Å². The normalized spacial score (nSPS) is 29.8. The van der Waals surface area contributed by atoms with Crippen LogP contribution in [0.2, 0.25) is 0 Å². The van der Waals surface area contributed by atoms with E-state index in [1.54, 1.807) is 0 Å². The summed E-state index contributed by atoms with van der Waals surface area (Å²) in [7, 11) is 0. The van der Waals surface area contributed by atoms with E-state index in [1.807, 2.05) is 34.0 Å². The van der Waals surface area contributed by atoms with E-state index in [0.29, 0.717) is 31.1 Å². The zero-order chi connectivity index (χ0) is 18.9. The first kappa shape index (κ1) is 17.8. The van der Waals surface area contributed by atoms with E-state index in [9.17, 15) is 4.79 Å². The molecule has 0 aliphatic carbocycles. The maximum Gasteiger partial charge on any atom is 0.227 e. The van der Waals surface area contributed by atoms with Crippen LogP contribution in [0.15, 0.2) is 36.5 Å². The number of aromatic nitrogens is 3. The van der Waals surface area contributed by atoms with Crippen molar-refractivity contribution in [3.8, 4) is 11.3 Å². The molecule has 4 fully saturated rings. The number of benzene rings is 1. The molecule has 1 amide bonds. The highest BCUT2D eigenvalue weighted by atomic mass is 16.5. The summed E-state index contributed by atoms with van der Waals surface area (Å²) < 4.78 is 7.36. The van der Waals surface area contributed by atoms with E-state index in [4.69, 9.17) is 4.74 Å². The molecule has 7 nitrogen and oxygen atoms in total. The molecule has 5 heterocycles. The van der Waals surface area contributed by atoms with Crippen LogP contribution in [0, 0.1) is 11.8 Å². The number of hydrogen-bond acceptors (Lipinski definition) is 5. The van der Waals surface area contributed by atoms with Crippen LogP contribution < -0.4 is 0 Å². The van der Waals surface area contributed by atoms with Gasteiger partial charge in [-0.25, -0.2) is 0 Å². The summed E-state index contributed by atoms with van der Waals surface area (Å²) in [6.45, 7) is 5.64. The monoisotopic (exact) mass is 381 g/mol. The summed E-state index contributed by atoms with van der Waals surface area (Å²) in [5.41, 5.74) is 2.01. The zero-order valence-electron chi connectivity index (χ0n) is 16.1. The van der Waals surface area contributed by atoms with Gasteiger partial charge in [-0.1, -0.05) is 35.5 Å². The zero-order valence-corrected chi connectivity index (χ0v) is 16.1. The van der Waals surface area contributed by atoms with Crippen LogP contribution in [0.1, 0.15) is 12.8 Å². The lowest BCUT2D eigenvalue weighted by Gasteiger charge is -2.50. The fraction of sp³-hybridized carbons (Fsp3) is 0.571. The first-order valence-corrected chi connectivity index (χ1v) is 10.3. The second kappa shape index (κ2) is 7.64. The molecular formula is C21H27N5O2. The van der Waals surface area contributed by atoms with E-state index in [2.05, 4.69) is 27.3 Å². The quantitative estimate of drug-likeness (QED) is 0.803. The number of rotatable bonds is 4. The fourth-order valence-electron chi connectivity index (χ4n) is 4.97. The van der Waals surface area contributed by atoms with Gasteiger partial charge in [0.05, 0.1) is 31.9 Å². The topological polar surface area (TPSA) is 63.5 Å². The third-order valence-electron chi connectivity index (χ3n) is 6.52. The van der Waals surface area contributed by atoms with Crippen molar-refractivity contribution < 1.29 is 9.53 Å². The molecule has 0 radical (unpaired) electrons. The van der Waals surface area contributed by atoms with Gasteiger partial charge in [-0.2, -0.15) is 0 Å². The van der Waals surface area contributed by atoms with E-state index < -0.39 is 0 Å². The van der Waals surface area contributed by atoms with Crippen LogP contribution in [0.4, 0.5) is 0 Å². The number of hydrogen-bond donors (Lipinski definition) is 0. The highest BCUT2D eigenvalue weighted by Crippen LogP contribution is 2.38. The second-order valence-corrected chi connectivity index (χ2v) is 8.17. The minimum absolute atomic E-state index is 0.152. The van der Waals surface area contributed by atoms with E-state index in [1.165, 1.54) is 0 Å². The lowest BCUT2D eigenvalue weighted by Crippen LogP contribution is -2.59. The molecule has 0 spiro atoms. The average Bonchev–Trinajstić information content (AvgIpc) is 3.23. The van der Waals surface area contributed by atoms with Gasteiger partial charge >= 0.3 is 0 Å². The standard InChI is InChI=1S/C21H27N5O2/c27-21(24-8-10-28-11-9-24)19-14-25-7-6-17(19)12-18(25)13-26-15-20(22-23-26)16-4-2-1-3-5-16/h1-5,15,17-19H,6-14H2. The maximum absolute atomic E-state index is 13.0. The minimum Gasteiger partial charge on any atom is -0.378 e. The number of fused-ring (bicyclic) bond motifs is 3. The van der Waals surface area contributed by atoms with Gasteiger partial charge in [0.1, 0.15) is 5.69 Å². The molecule has 1 aromatic carbocycles. The largest absolute Gasteiger partial charge is 0.378 e. The lowest BCUT2D eigenvalue weighted by atomic mass is 9.75. The van der Waals surface area contributed by atoms with Gasteiger partial charge in [-0.15, -0.1) is 5.10 Å². The first-order chi connectivity index (χ1) is 13.8. The van der Waals surface area contributed by atoms with Gasteiger partial charge in [0.2, 0.25) is 5.91 Å². The Hall–Kier alpha value is -2.25.